The first-order valence-electron chi connectivity index (χ1n) is 13.0. The Kier molecular flexibility index (Phi) is 6.26. The van der Waals surface area contributed by atoms with Gasteiger partial charge in [0.1, 0.15) is 5.60 Å². The molecule has 0 aliphatic heterocycles. The smallest absolute Gasteiger partial charge is 0.187 e. The molecule has 0 aromatic carbocycles. The Morgan fingerprint density at radius 2 is 1.57 bits per heavy atom. The second-order valence-electron chi connectivity index (χ2n) is 13.3. The largest absolute Gasteiger partial charge is 0.390 e. The van der Waals surface area contributed by atoms with Crippen molar-refractivity contribution in [3.8, 4) is 0 Å². The van der Waals surface area contributed by atoms with Crippen LogP contribution in [-0.4, -0.2) is 82.2 Å². The number of rotatable bonds is 5. The Hall–Kier alpha value is -0.870. The van der Waals surface area contributed by atoms with Crippen LogP contribution in [-0.2, 0) is 4.79 Å². The number of ketones is 1. The van der Waals surface area contributed by atoms with Crippen LogP contribution in [0.25, 0.3) is 0 Å². The first-order chi connectivity index (χ1) is 15.8. The fourth-order valence-corrected chi connectivity index (χ4v) is 8.31. The van der Waals surface area contributed by atoms with Gasteiger partial charge in [0, 0.05) is 17.3 Å². The molecule has 0 bridgehead atoms. The van der Waals surface area contributed by atoms with Crippen molar-refractivity contribution in [1.82, 2.24) is 0 Å². The van der Waals surface area contributed by atoms with Gasteiger partial charge in [-0.2, -0.15) is 0 Å². The van der Waals surface area contributed by atoms with E-state index in [1.54, 1.807) is 27.7 Å². The highest BCUT2D eigenvalue weighted by Crippen LogP contribution is 2.69. The van der Waals surface area contributed by atoms with Gasteiger partial charge in [0.2, 0.25) is 0 Å². The molecule has 10 atom stereocenters. The maximum atomic E-state index is 13.3. The average Bonchev–Trinajstić information content (AvgIpc) is 3.01. The van der Waals surface area contributed by atoms with E-state index in [-0.39, 0.29) is 25.2 Å². The van der Waals surface area contributed by atoms with E-state index in [1.807, 2.05) is 6.92 Å². The first-order valence-corrected chi connectivity index (χ1v) is 13.0. The zero-order chi connectivity index (χ0) is 26.4. The van der Waals surface area contributed by atoms with E-state index in [0.29, 0.717) is 37.7 Å². The monoisotopic (exact) mass is 496 g/mol. The summed E-state index contributed by atoms with van der Waals surface area (Å²) in [7, 11) is 0. The maximum Gasteiger partial charge on any atom is 0.187 e. The molecule has 0 aromatic heterocycles. The molecule has 0 heterocycles. The minimum absolute atomic E-state index is 0.0437. The van der Waals surface area contributed by atoms with Crippen molar-refractivity contribution in [1.29, 1.82) is 0 Å². The lowest BCUT2D eigenvalue weighted by atomic mass is 9.44. The van der Waals surface area contributed by atoms with Gasteiger partial charge >= 0.3 is 0 Å². The van der Waals surface area contributed by atoms with Crippen LogP contribution < -0.4 is 0 Å². The van der Waals surface area contributed by atoms with Gasteiger partial charge in [0.15, 0.2) is 5.78 Å². The molecule has 3 fully saturated rings. The minimum atomic E-state index is -1.82. The van der Waals surface area contributed by atoms with Gasteiger partial charge in [-0.05, 0) is 89.2 Å². The number of hydrogen-bond donors (Lipinski definition) is 7. The number of hydrogen-bond acceptors (Lipinski definition) is 8. The third kappa shape index (κ3) is 3.70. The Morgan fingerprint density at radius 1 is 0.971 bits per heavy atom. The molecule has 0 spiro atoms. The van der Waals surface area contributed by atoms with Crippen LogP contribution in [0, 0.1) is 22.7 Å². The summed E-state index contributed by atoms with van der Waals surface area (Å²) in [5.74, 6) is -1.38. The Balaban J connectivity index is 1.70. The number of fused-ring (bicyclic) bond motifs is 5. The molecule has 4 rings (SSSR count). The molecule has 200 valence electrons. The summed E-state index contributed by atoms with van der Waals surface area (Å²) in [4.78, 5) is 13.3. The Bertz CT molecular complexity index is 907. The molecule has 35 heavy (non-hydrogen) atoms. The molecular formula is C27H44O8. The second-order valence-corrected chi connectivity index (χ2v) is 13.3. The maximum absolute atomic E-state index is 13.3. The molecule has 0 unspecified atom stereocenters. The average molecular weight is 497 g/mol. The van der Waals surface area contributed by atoms with Crippen molar-refractivity contribution in [3.63, 3.8) is 0 Å². The van der Waals surface area contributed by atoms with Crippen LogP contribution in [0.2, 0.25) is 0 Å². The van der Waals surface area contributed by atoms with Crippen molar-refractivity contribution in [2.45, 2.75) is 127 Å². The van der Waals surface area contributed by atoms with Crippen LogP contribution in [0.1, 0.15) is 86.0 Å². The number of carbonyl (C=O) groups excluding carboxylic acids is 1. The van der Waals surface area contributed by atoms with Crippen molar-refractivity contribution >= 4 is 5.78 Å². The third-order valence-electron chi connectivity index (χ3n) is 10.7. The molecular weight excluding hydrogens is 452 g/mol. The van der Waals surface area contributed by atoms with Gasteiger partial charge in [-0.25, -0.2) is 0 Å². The van der Waals surface area contributed by atoms with Crippen LogP contribution >= 0.6 is 0 Å². The molecule has 4 aliphatic rings. The summed E-state index contributed by atoms with van der Waals surface area (Å²) < 4.78 is 0. The van der Waals surface area contributed by atoms with E-state index >= 15 is 0 Å². The van der Waals surface area contributed by atoms with Gasteiger partial charge in [-0.3, -0.25) is 4.79 Å². The molecule has 0 amide bonds. The summed E-state index contributed by atoms with van der Waals surface area (Å²) in [5, 5.41) is 77.0. The zero-order valence-corrected chi connectivity index (χ0v) is 21.7. The van der Waals surface area contributed by atoms with Crippen molar-refractivity contribution in [2.75, 3.05) is 0 Å². The van der Waals surface area contributed by atoms with Gasteiger partial charge in [-0.1, -0.05) is 13.8 Å². The summed E-state index contributed by atoms with van der Waals surface area (Å²) in [6, 6.07) is 0. The molecule has 7 N–H and O–H groups in total. The fourth-order valence-electron chi connectivity index (χ4n) is 8.31. The van der Waals surface area contributed by atoms with E-state index in [1.165, 1.54) is 6.08 Å². The van der Waals surface area contributed by atoms with E-state index < -0.39 is 63.2 Å². The highest BCUT2D eigenvalue weighted by atomic mass is 16.3. The van der Waals surface area contributed by atoms with Crippen LogP contribution in [0.4, 0.5) is 0 Å². The van der Waals surface area contributed by atoms with Gasteiger partial charge in [-0.15, -0.1) is 0 Å². The molecule has 8 heteroatoms. The predicted octanol–water partition coefficient (Wildman–Crippen LogP) is 0.969. The molecule has 8 nitrogen and oxygen atoms in total. The molecule has 0 radical (unpaired) electrons. The summed E-state index contributed by atoms with van der Waals surface area (Å²) in [6.45, 7) is 8.58. The summed E-state index contributed by atoms with van der Waals surface area (Å²) in [5.41, 5.74) is -7.07. The Morgan fingerprint density at radius 3 is 2.17 bits per heavy atom. The zero-order valence-electron chi connectivity index (χ0n) is 21.7. The lowest BCUT2D eigenvalue weighted by Crippen LogP contribution is -2.69. The minimum Gasteiger partial charge on any atom is -0.390 e. The lowest BCUT2D eigenvalue weighted by molar-refractivity contribution is -0.211. The fraction of sp³-hybridized carbons (Fsp3) is 0.889. The van der Waals surface area contributed by atoms with Gasteiger partial charge in [0.05, 0.1) is 35.1 Å². The predicted molar refractivity (Wildman–Crippen MR) is 128 cm³/mol. The van der Waals surface area contributed by atoms with Crippen molar-refractivity contribution in [2.24, 2.45) is 22.7 Å². The van der Waals surface area contributed by atoms with Crippen LogP contribution in [0.3, 0.4) is 0 Å². The Labute approximate surface area is 207 Å². The standard InChI is InChI=1S/C27H44O8/c1-22(2,32)9-8-20(30)25(5,33)19-7-11-26(34)16-12-21(31)27(35)14-18(29)17(28)13-24(27,4)15(16)6-10-23(19,26)3/h12,15,17-20,28-30,32-35H,6-11,13-14H2,1-5H3/t15-,17-,18+,19-,20+,23+,24+,25+,26+,27+/m1/s1. The molecule has 0 saturated heterocycles. The van der Waals surface area contributed by atoms with Gasteiger partial charge < -0.3 is 35.7 Å². The quantitative estimate of drug-likeness (QED) is 0.297. The van der Waals surface area contributed by atoms with E-state index in [4.69, 9.17) is 0 Å². The van der Waals surface area contributed by atoms with Crippen molar-refractivity contribution < 1.29 is 40.5 Å². The first kappa shape index (κ1) is 27.2. The topological polar surface area (TPSA) is 159 Å². The van der Waals surface area contributed by atoms with E-state index in [9.17, 15) is 40.5 Å². The highest BCUT2D eigenvalue weighted by Gasteiger charge is 2.71. The molecule has 4 aliphatic carbocycles. The highest BCUT2D eigenvalue weighted by molar-refractivity contribution is 6.00. The van der Waals surface area contributed by atoms with E-state index in [2.05, 4.69) is 0 Å². The van der Waals surface area contributed by atoms with Crippen LogP contribution in [0.5, 0.6) is 0 Å². The van der Waals surface area contributed by atoms with Crippen molar-refractivity contribution in [3.05, 3.63) is 11.6 Å². The molecule has 0 aromatic rings. The molecule has 3 saturated carbocycles. The lowest BCUT2D eigenvalue weighted by Gasteiger charge is -2.62. The number of carbonyl (C=O) groups is 1. The summed E-state index contributed by atoms with van der Waals surface area (Å²) >= 11 is 0. The normalized spacial score (nSPS) is 48.3. The number of aliphatic hydroxyl groups excluding tert-OH is 3. The van der Waals surface area contributed by atoms with E-state index in [0.717, 1.165) is 0 Å². The SMILES string of the molecule is CC(C)(O)CC[C@H](O)[C@@](C)(O)[C@@H]1CC[C@]2(O)C3=CC(=O)[C@@]4(O)C[C@H](O)[C@H](O)C[C@@]4(C)[C@@H]3CC[C@@]12C. The summed E-state index contributed by atoms with van der Waals surface area (Å²) in [6.07, 6.45) is 0.0884. The second kappa shape index (κ2) is 8.06. The number of aliphatic hydroxyl groups is 7. The van der Waals surface area contributed by atoms with Crippen LogP contribution in [0.15, 0.2) is 11.6 Å². The van der Waals surface area contributed by atoms with Gasteiger partial charge in [0.25, 0.3) is 0 Å². The third-order valence-corrected chi connectivity index (χ3v) is 10.7.